The van der Waals surface area contributed by atoms with Crippen molar-refractivity contribution in [2.45, 2.75) is 18.9 Å². The molecule has 3 N–H and O–H groups in total. The quantitative estimate of drug-likeness (QED) is 0.687. The number of hydrogen-bond acceptors (Lipinski definition) is 4. The third-order valence-electron chi connectivity index (χ3n) is 2.44. The number of ether oxygens (including phenoxy) is 1. The first kappa shape index (κ1) is 16.3. The van der Waals surface area contributed by atoms with Crippen LogP contribution in [0.15, 0.2) is 6.07 Å². The van der Waals surface area contributed by atoms with Crippen molar-refractivity contribution in [2.24, 2.45) is 0 Å². The Kier molecular flexibility index (Phi) is 5.84. The molecule has 0 aromatic carbocycles. The predicted molar refractivity (Wildman–Crippen MR) is 71.0 cm³/mol. The van der Waals surface area contributed by atoms with Crippen LogP contribution in [0.2, 0.25) is 10.2 Å². The Bertz CT molecular complexity index is 509. The minimum atomic E-state index is -1.26. The maximum Gasteiger partial charge on any atom is 0.326 e. The van der Waals surface area contributed by atoms with Crippen molar-refractivity contribution in [1.82, 2.24) is 10.3 Å². The number of rotatable bonds is 6. The molecule has 1 heterocycles. The highest BCUT2D eigenvalue weighted by Crippen LogP contribution is 2.21. The molecule has 1 unspecified atom stereocenters. The van der Waals surface area contributed by atoms with Crippen molar-refractivity contribution < 1.29 is 24.2 Å². The lowest BCUT2D eigenvalue weighted by Crippen LogP contribution is -2.41. The highest BCUT2D eigenvalue weighted by molar-refractivity contribution is 6.41. The van der Waals surface area contributed by atoms with Gasteiger partial charge in [0.25, 0.3) is 5.91 Å². The first-order valence-corrected chi connectivity index (χ1v) is 6.25. The van der Waals surface area contributed by atoms with E-state index in [0.29, 0.717) is 0 Å². The van der Waals surface area contributed by atoms with Crippen LogP contribution in [-0.2, 0) is 14.3 Å². The lowest BCUT2D eigenvalue weighted by Gasteiger charge is -2.13. The first-order valence-electron chi connectivity index (χ1n) is 5.49. The van der Waals surface area contributed by atoms with E-state index in [4.69, 9.17) is 28.3 Å². The van der Waals surface area contributed by atoms with Crippen molar-refractivity contribution in [3.8, 4) is 0 Å². The van der Waals surface area contributed by atoms with E-state index in [0.717, 1.165) is 0 Å². The van der Waals surface area contributed by atoms with E-state index < -0.39 is 23.9 Å². The second-order valence-corrected chi connectivity index (χ2v) is 4.61. The summed E-state index contributed by atoms with van der Waals surface area (Å²) in [5.41, 5.74) is 0.0318. The van der Waals surface area contributed by atoms with Gasteiger partial charge >= 0.3 is 11.9 Å². The molecule has 0 saturated heterocycles. The van der Waals surface area contributed by atoms with Gasteiger partial charge in [-0.3, -0.25) is 9.59 Å². The molecular weight excluding hydrogens is 311 g/mol. The standard InChI is InChI=1S/C11H12Cl2N2O5/c1-20-8(16)3-2-6(11(18)19)15-10(17)7-4-5(12)9(13)14-7/h4,6,14H,2-3H2,1H3,(H,15,17)(H,18,19). The van der Waals surface area contributed by atoms with Gasteiger partial charge in [-0.25, -0.2) is 4.79 Å². The van der Waals surface area contributed by atoms with Crippen LogP contribution in [0.5, 0.6) is 0 Å². The zero-order valence-corrected chi connectivity index (χ0v) is 11.9. The largest absolute Gasteiger partial charge is 0.480 e. The maximum atomic E-state index is 11.8. The van der Waals surface area contributed by atoms with Crippen LogP contribution in [0.1, 0.15) is 23.3 Å². The third kappa shape index (κ3) is 4.43. The first-order chi connectivity index (χ1) is 9.35. The third-order valence-corrected chi connectivity index (χ3v) is 3.13. The molecule has 0 aliphatic heterocycles. The zero-order chi connectivity index (χ0) is 15.3. The molecule has 1 rings (SSSR count). The Morgan fingerprint density at radius 3 is 2.55 bits per heavy atom. The van der Waals surface area contributed by atoms with Gasteiger partial charge in [0.05, 0.1) is 12.1 Å². The molecular formula is C11H12Cl2N2O5. The normalized spacial score (nSPS) is 11.8. The van der Waals surface area contributed by atoms with E-state index in [9.17, 15) is 14.4 Å². The van der Waals surface area contributed by atoms with Crippen LogP contribution in [0.3, 0.4) is 0 Å². The van der Waals surface area contributed by atoms with E-state index in [-0.39, 0.29) is 28.7 Å². The predicted octanol–water partition coefficient (Wildman–Crippen LogP) is 1.46. The molecule has 1 atom stereocenters. The number of carbonyl (C=O) groups is 3. The number of H-pyrrole nitrogens is 1. The number of nitrogens with one attached hydrogen (secondary N) is 2. The van der Waals surface area contributed by atoms with Crippen molar-refractivity contribution in [1.29, 1.82) is 0 Å². The zero-order valence-electron chi connectivity index (χ0n) is 10.4. The molecule has 0 radical (unpaired) electrons. The summed E-state index contributed by atoms with van der Waals surface area (Å²) >= 11 is 11.3. The Morgan fingerprint density at radius 2 is 2.10 bits per heavy atom. The van der Waals surface area contributed by atoms with E-state index in [2.05, 4.69) is 15.0 Å². The number of aromatic amines is 1. The van der Waals surface area contributed by atoms with Crippen molar-refractivity contribution in [3.63, 3.8) is 0 Å². The minimum Gasteiger partial charge on any atom is -0.480 e. The Morgan fingerprint density at radius 1 is 1.45 bits per heavy atom. The van der Waals surface area contributed by atoms with E-state index >= 15 is 0 Å². The Balaban J connectivity index is 2.68. The van der Waals surface area contributed by atoms with Crippen molar-refractivity contribution >= 4 is 41.0 Å². The summed E-state index contributed by atoms with van der Waals surface area (Å²) in [6.45, 7) is 0. The van der Waals surface area contributed by atoms with Gasteiger partial charge in [0.1, 0.15) is 16.9 Å². The number of esters is 1. The van der Waals surface area contributed by atoms with Gasteiger partial charge in [-0.2, -0.15) is 0 Å². The van der Waals surface area contributed by atoms with Crippen LogP contribution in [-0.4, -0.2) is 41.1 Å². The number of hydrogen-bond donors (Lipinski definition) is 3. The second kappa shape index (κ2) is 7.16. The number of aromatic nitrogens is 1. The smallest absolute Gasteiger partial charge is 0.326 e. The topological polar surface area (TPSA) is 108 Å². The minimum absolute atomic E-state index is 0.0318. The number of amides is 1. The molecule has 1 aromatic heterocycles. The molecule has 0 spiro atoms. The molecule has 7 nitrogen and oxygen atoms in total. The highest BCUT2D eigenvalue weighted by Gasteiger charge is 2.23. The van der Waals surface area contributed by atoms with Crippen molar-refractivity contribution in [3.05, 3.63) is 21.9 Å². The molecule has 0 aliphatic rings. The summed E-state index contributed by atoms with van der Waals surface area (Å²) in [5.74, 6) is -2.50. The van der Waals surface area contributed by atoms with Gasteiger partial charge in [0, 0.05) is 6.42 Å². The molecule has 0 aliphatic carbocycles. The Labute approximate surface area is 124 Å². The van der Waals surface area contributed by atoms with Gasteiger partial charge in [0.2, 0.25) is 0 Å². The number of aliphatic carboxylic acids is 1. The average Bonchev–Trinajstić information content (AvgIpc) is 2.73. The van der Waals surface area contributed by atoms with Gasteiger partial charge in [-0.1, -0.05) is 23.2 Å². The Hall–Kier alpha value is -1.73. The summed E-state index contributed by atoms with van der Waals surface area (Å²) in [5, 5.41) is 11.5. The lowest BCUT2D eigenvalue weighted by atomic mass is 10.1. The fourth-order valence-corrected chi connectivity index (χ4v) is 1.70. The highest BCUT2D eigenvalue weighted by atomic mass is 35.5. The molecule has 110 valence electrons. The monoisotopic (exact) mass is 322 g/mol. The number of carboxylic acid groups (broad SMARTS) is 1. The van der Waals surface area contributed by atoms with E-state index in [1.807, 2.05) is 0 Å². The fourth-order valence-electron chi connectivity index (χ4n) is 1.38. The molecule has 0 fully saturated rings. The van der Waals surface area contributed by atoms with Crippen LogP contribution in [0.25, 0.3) is 0 Å². The summed E-state index contributed by atoms with van der Waals surface area (Å²) in [4.78, 5) is 36.3. The van der Waals surface area contributed by atoms with Gasteiger partial charge < -0.3 is 20.1 Å². The summed E-state index contributed by atoms with van der Waals surface area (Å²) in [6.07, 6.45) is -0.212. The molecule has 1 amide bonds. The molecule has 9 heteroatoms. The average molecular weight is 323 g/mol. The lowest BCUT2D eigenvalue weighted by molar-refractivity contribution is -0.142. The maximum absolute atomic E-state index is 11.8. The molecule has 0 saturated carbocycles. The van der Waals surface area contributed by atoms with Crippen LogP contribution < -0.4 is 5.32 Å². The summed E-state index contributed by atoms with van der Waals surface area (Å²) < 4.78 is 4.40. The van der Waals surface area contributed by atoms with Gasteiger partial charge in [0.15, 0.2) is 0 Å². The van der Waals surface area contributed by atoms with Crippen LogP contribution >= 0.6 is 23.2 Å². The number of carboxylic acids is 1. The summed E-state index contributed by atoms with van der Waals surface area (Å²) in [7, 11) is 1.19. The van der Waals surface area contributed by atoms with E-state index in [1.165, 1.54) is 13.2 Å². The number of halogens is 2. The molecule has 1 aromatic rings. The molecule has 0 bridgehead atoms. The molecule has 20 heavy (non-hydrogen) atoms. The van der Waals surface area contributed by atoms with Crippen molar-refractivity contribution in [2.75, 3.05) is 7.11 Å². The number of carbonyl (C=O) groups excluding carboxylic acids is 2. The fraction of sp³-hybridized carbons (Fsp3) is 0.364. The second-order valence-electron chi connectivity index (χ2n) is 3.82. The summed E-state index contributed by atoms with van der Waals surface area (Å²) in [6, 6.07) is 0.0563. The SMILES string of the molecule is COC(=O)CCC(NC(=O)c1cc(Cl)c(Cl)[nH]1)C(=O)O. The van der Waals surface area contributed by atoms with Gasteiger partial charge in [-0.05, 0) is 12.5 Å². The van der Waals surface area contributed by atoms with Crippen LogP contribution in [0, 0.1) is 0 Å². The van der Waals surface area contributed by atoms with Crippen LogP contribution in [0.4, 0.5) is 0 Å². The number of methoxy groups -OCH3 is 1. The van der Waals surface area contributed by atoms with E-state index in [1.54, 1.807) is 0 Å². The van der Waals surface area contributed by atoms with Gasteiger partial charge in [-0.15, -0.1) is 0 Å².